The van der Waals surface area contributed by atoms with E-state index < -0.39 is 11.7 Å². The number of anilines is 2. The fourth-order valence-corrected chi connectivity index (χ4v) is 2.66. The van der Waals surface area contributed by atoms with Crippen molar-refractivity contribution in [2.75, 3.05) is 10.6 Å². The Kier molecular flexibility index (Phi) is 6.08. The highest BCUT2D eigenvalue weighted by molar-refractivity contribution is 7.80. The Hall–Kier alpha value is -3.58. The highest BCUT2D eigenvalue weighted by Gasteiger charge is 2.12. The first-order chi connectivity index (χ1) is 13.5. The molecule has 0 saturated heterocycles. The number of carbonyl (C=O) groups is 2. The number of thiocarbonyl (C=S) groups is 1. The van der Waals surface area contributed by atoms with Gasteiger partial charge in [0.15, 0.2) is 5.11 Å². The van der Waals surface area contributed by atoms with E-state index in [0.717, 1.165) is 0 Å². The Labute approximate surface area is 166 Å². The summed E-state index contributed by atoms with van der Waals surface area (Å²) in [5.74, 6) is -1.52. The van der Waals surface area contributed by atoms with Crippen molar-refractivity contribution in [1.29, 1.82) is 0 Å². The van der Waals surface area contributed by atoms with Crippen molar-refractivity contribution >= 4 is 40.5 Å². The molecule has 0 radical (unpaired) electrons. The molecule has 0 atom stereocenters. The molecule has 7 heteroatoms. The van der Waals surface area contributed by atoms with Gasteiger partial charge in [-0.05, 0) is 54.7 Å². The number of hydrogen-bond donors (Lipinski definition) is 3. The third-order valence-corrected chi connectivity index (χ3v) is 3.96. The van der Waals surface area contributed by atoms with E-state index in [1.165, 1.54) is 18.2 Å². The summed E-state index contributed by atoms with van der Waals surface area (Å²) in [6, 6.07) is 21.3. The minimum absolute atomic E-state index is 0.0137. The number of hydrogen-bond acceptors (Lipinski definition) is 3. The third-order valence-electron chi connectivity index (χ3n) is 3.76. The van der Waals surface area contributed by atoms with Gasteiger partial charge in [0.25, 0.3) is 11.8 Å². The summed E-state index contributed by atoms with van der Waals surface area (Å²) >= 11 is 5.11. The number of carbonyl (C=O) groups excluding carboxylic acids is 2. The first-order valence-electron chi connectivity index (χ1n) is 8.36. The maximum Gasteiger partial charge on any atom is 0.260 e. The molecule has 0 heterocycles. The van der Waals surface area contributed by atoms with Crippen LogP contribution in [0, 0.1) is 5.82 Å². The van der Waals surface area contributed by atoms with Gasteiger partial charge in [-0.1, -0.05) is 36.4 Å². The molecule has 2 amide bonds. The molecule has 0 bridgehead atoms. The summed E-state index contributed by atoms with van der Waals surface area (Å²) in [6.07, 6.45) is 0. The van der Waals surface area contributed by atoms with E-state index in [1.807, 2.05) is 6.07 Å². The molecule has 0 fully saturated rings. The van der Waals surface area contributed by atoms with Crippen molar-refractivity contribution in [1.82, 2.24) is 5.32 Å². The van der Waals surface area contributed by atoms with Crippen molar-refractivity contribution in [3.8, 4) is 0 Å². The normalized spacial score (nSPS) is 10.0. The molecule has 3 rings (SSSR count). The SMILES string of the molecule is O=C(Nc1cccc(NC(=S)NC(=O)c2ccccc2F)c1)c1ccccc1. The van der Waals surface area contributed by atoms with Crippen molar-refractivity contribution < 1.29 is 14.0 Å². The van der Waals surface area contributed by atoms with Crippen LogP contribution in [0.2, 0.25) is 0 Å². The van der Waals surface area contributed by atoms with E-state index in [1.54, 1.807) is 54.6 Å². The molecule has 0 spiro atoms. The minimum atomic E-state index is -0.649. The predicted molar refractivity (Wildman–Crippen MR) is 111 cm³/mol. The third kappa shape index (κ3) is 4.99. The molecule has 5 nitrogen and oxygen atoms in total. The molecule has 0 aromatic heterocycles. The van der Waals surface area contributed by atoms with Crippen LogP contribution in [0.3, 0.4) is 0 Å². The molecule has 3 N–H and O–H groups in total. The van der Waals surface area contributed by atoms with E-state index in [0.29, 0.717) is 16.9 Å². The Bertz CT molecular complexity index is 1020. The van der Waals surface area contributed by atoms with Gasteiger partial charge in [-0.25, -0.2) is 4.39 Å². The number of amides is 2. The fraction of sp³-hybridized carbons (Fsp3) is 0. The Morgan fingerprint density at radius 3 is 2.11 bits per heavy atom. The van der Waals surface area contributed by atoms with Gasteiger partial charge in [0, 0.05) is 16.9 Å². The lowest BCUT2D eigenvalue weighted by Crippen LogP contribution is -2.34. The minimum Gasteiger partial charge on any atom is -0.332 e. The molecule has 0 aliphatic heterocycles. The maximum atomic E-state index is 13.7. The van der Waals surface area contributed by atoms with Crippen LogP contribution in [-0.2, 0) is 0 Å². The zero-order valence-electron chi connectivity index (χ0n) is 14.6. The lowest BCUT2D eigenvalue weighted by atomic mass is 10.2. The van der Waals surface area contributed by atoms with E-state index in [4.69, 9.17) is 12.2 Å². The molecule has 3 aromatic rings. The predicted octanol–water partition coefficient (Wildman–Crippen LogP) is 4.20. The van der Waals surface area contributed by atoms with Gasteiger partial charge in [0.05, 0.1) is 5.56 Å². The van der Waals surface area contributed by atoms with Crippen LogP contribution >= 0.6 is 12.2 Å². The first-order valence-corrected chi connectivity index (χ1v) is 8.77. The summed E-state index contributed by atoms with van der Waals surface area (Å²) in [5, 5.41) is 8.07. The molecular formula is C21H16FN3O2S. The van der Waals surface area contributed by atoms with Crippen LogP contribution in [0.4, 0.5) is 15.8 Å². The van der Waals surface area contributed by atoms with E-state index in [9.17, 15) is 14.0 Å². The van der Waals surface area contributed by atoms with Gasteiger partial charge >= 0.3 is 0 Å². The van der Waals surface area contributed by atoms with Gasteiger partial charge in [-0.2, -0.15) is 0 Å². The summed E-state index contributed by atoms with van der Waals surface area (Å²) in [7, 11) is 0. The fourth-order valence-electron chi connectivity index (χ4n) is 2.45. The lowest BCUT2D eigenvalue weighted by Gasteiger charge is -2.11. The van der Waals surface area contributed by atoms with Crippen LogP contribution in [0.15, 0.2) is 78.9 Å². The molecule has 0 saturated carbocycles. The maximum absolute atomic E-state index is 13.7. The molecule has 28 heavy (non-hydrogen) atoms. The number of nitrogens with one attached hydrogen (secondary N) is 3. The smallest absolute Gasteiger partial charge is 0.260 e. The van der Waals surface area contributed by atoms with Crippen LogP contribution in [0.1, 0.15) is 20.7 Å². The Balaban J connectivity index is 1.62. The molecular weight excluding hydrogens is 377 g/mol. The Morgan fingerprint density at radius 1 is 0.750 bits per heavy atom. The summed E-state index contributed by atoms with van der Waals surface area (Å²) in [4.78, 5) is 24.3. The van der Waals surface area contributed by atoms with E-state index in [-0.39, 0.29) is 16.6 Å². The average molecular weight is 393 g/mol. The van der Waals surface area contributed by atoms with Crippen LogP contribution in [-0.4, -0.2) is 16.9 Å². The summed E-state index contributed by atoms with van der Waals surface area (Å²) in [6.45, 7) is 0. The quantitative estimate of drug-likeness (QED) is 0.581. The standard InChI is InChI=1S/C21H16FN3O2S/c22-18-12-5-4-11-17(18)20(27)25-21(28)24-16-10-6-9-15(13-16)23-19(26)14-7-2-1-3-8-14/h1-13H,(H,23,26)(H2,24,25,27,28). The zero-order chi connectivity index (χ0) is 19.9. The van der Waals surface area contributed by atoms with Crippen LogP contribution in [0.5, 0.6) is 0 Å². The van der Waals surface area contributed by atoms with Crippen molar-refractivity contribution in [3.05, 3.63) is 95.8 Å². The average Bonchev–Trinajstić information content (AvgIpc) is 2.69. The van der Waals surface area contributed by atoms with Crippen LogP contribution < -0.4 is 16.0 Å². The first kappa shape index (κ1) is 19.2. The Morgan fingerprint density at radius 2 is 1.39 bits per heavy atom. The van der Waals surface area contributed by atoms with Gasteiger partial charge < -0.3 is 10.6 Å². The summed E-state index contributed by atoms with van der Waals surface area (Å²) in [5.41, 5.74) is 1.55. The van der Waals surface area contributed by atoms with Crippen molar-refractivity contribution in [2.45, 2.75) is 0 Å². The van der Waals surface area contributed by atoms with Gasteiger partial charge in [0.2, 0.25) is 0 Å². The second kappa shape index (κ2) is 8.88. The molecule has 3 aromatic carbocycles. The topological polar surface area (TPSA) is 70.2 Å². The number of benzene rings is 3. The molecule has 0 aliphatic rings. The van der Waals surface area contributed by atoms with Crippen molar-refractivity contribution in [2.24, 2.45) is 0 Å². The number of halogens is 1. The van der Waals surface area contributed by atoms with Crippen molar-refractivity contribution in [3.63, 3.8) is 0 Å². The van der Waals surface area contributed by atoms with Gasteiger partial charge in [-0.3, -0.25) is 14.9 Å². The second-order valence-corrected chi connectivity index (χ2v) is 6.20. The monoisotopic (exact) mass is 393 g/mol. The molecule has 140 valence electrons. The van der Waals surface area contributed by atoms with Gasteiger partial charge in [0.1, 0.15) is 5.82 Å². The molecule has 0 aliphatic carbocycles. The van der Waals surface area contributed by atoms with Gasteiger partial charge in [-0.15, -0.1) is 0 Å². The highest BCUT2D eigenvalue weighted by Crippen LogP contribution is 2.16. The lowest BCUT2D eigenvalue weighted by molar-refractivity contribution is 0.0972. The molecule has 0 unspecified atom stereocenters. The largest absolute Gasteiger partial charge is 0.332 e. The van der Waals surface area contributed by atoms with E-state index >= 15 is 0 Å². The van der Waals surface area contributed by atoms with Crippen LogP contribution in [0.25, 0.3) is 0 Å². The number of rotatable bonds is 4. The van der Waals surface area contributed by atoms with E-state index in [2.05, 4.69) is 16.0 Å². The summed E-state index contributed by atoms with van der Waals surface area (Å²) < 4.78 is 13.7. The second-order valence-electron chi connectivity index (χ2n) is 5.79. The highest BCUT2D eigenvalue weighted by atomic mass is 32.1. The zero-order valence-corrected chi connectivity index (χ0v) is 15.4.